The number of methoxy groups -OCH3 is 1. The highest BCUT2D eigenvalue weighted by Gasteiger charge is 2.24. The van der Waals surface area contributed by atoms with Gasteiger partial charge in [0.05, 0.1) is 7.11 Å². The first-order chi connectivity index (χ1) is 9.74. The maximum atomic E-state index is 5.35. The summed E-state index contributed by atoms with van der Waals surface area (Å²) in [6, 6.07) is 9.61. The highest BCUT2D eigenvalue weighted by Crippen LogP contribution is 2.26. The lowest BCUT2D eigenvalue weighted by Crippen LogP contribution is -2.42. The molecule has 3 heteroatoms. The zero-order valence-electron chi connectivity index (χ0n) is 13.1. The third-order valence-corrected chi connectivity index (χ3v) is 4.31. The van der Waals surface area contributed by atoms with Crippen LogP contribution in [0, 0.1) is 0 Å². The smallest absolute Gasteiger partial charge is 0.119 e. The van der Waals surface area contributed by atoms with Gasteiger partial charge in [0.2, 0.25) is 0 Å². The Labute approximate surface area is 123 Å². The van der Waals surface area contributed by atoms with Crippen LogP contribution in [-0.4, -0.2) is 38.2 Å². The molecule has 0 amide bonds. The first kappa shape index (κ1) is 15.3. The Hall–Kier alpha value is -1.06. The molecule has 0 radical (unpaired) electrons. The van der Waals surface area contributed by atoms with E-state index >= 15 is 0 Å². The average molecular weight is 276 g/mol. The maximum Gasteiger partial charge on any atom is 0.119 e. The predicted octanol–water partition coefficient (Wildman–Crippen LogP) is 3.22. The highest BCUT2D eigenvalue weighted by molar-refractivity contribution is 5.30. The first-order valence-corrected chi connectivity index (χ1v) is 7.82. The standard InChI is InChI=1S/C17H28N2O/c1-4-11-18-17(13-19(2)15-8-6-9-15)14-7-5-10-16(12-14)20-3/h5,7,10,12,15,17-18H,4,6,8-9,11,13H2,1-3H3. The molecule has 1 aromatic rings. The molecule has 1 aliphatic carbocycles. The molecule has 112 valence electrons. The molecule has 1 saturated carbocycles. The van der Waals surface area contributed by atoms with Crippen LogP contribution in [0.25, 0.3) is 0 Å². The molecule has 0 bridgehead atoms. The van der Waals surface area contributed by atoms with Crippen molar-refractivity contribution in [3.8, 4) is 5.75 Å². The van der Waals surface area contributed by atoms with E-state index in [2.05, 4.69) is 42.4 Å². The van der Waals surface area contributed by atoms with Crippen LogP contribution in [0.3, 0.4) is 0 Å². The van der Waals surface area contributed by atoms with E-state index in [0.29, 0.717) is 6.04 Å². The lowest BCUT2D eigenvalue weighted by atomic mass is 9.91. The van der Waals surface area contributed by atoms with E-state index in [0.717, 1.165) is 31.3 Å². The van der Waals surface area contributed by atoms with E-state index in [-0.39, 0.29) is 0 Å². The molecule has 0 saturated heterocycles. The summed E-state index contributed by atoms with van der Waals surface area (Å²) in [6.45, 7) is 4.34. The van der Waals surface area contributed by atoms with Crippen molar-refractivity contribution < 1.29 is 4.74 Å². The minimum Gasteiger partial charge on any atom is -0.497 e. The molecule has 1 aliphatic rings. The second-order valence-electron chi connectivity index (χ2n) is 5.81. The van der Waals surface area contributed by atoms with Gasteiger partial charge in [0, 0.05) is 18.6 Å². The summed E-state index contributed by atoms with van der Waals surface area (Å²) >= 11 is 0. The summed E-state index contributed by atoms with van der Waals surface area (Å²) in [4.78, 5) is 2.51. The van der Waals surface area contributed by atoms with Crippen molar-refractivity contribution in [3.05, 3.63) is 29.8 Å². The van der Waals surface area contributed by atoms with Crippen LogP contribution >= 0.6 is 0 Å². The predicted molar refractivity (Wildman–Crippen MR) is 84.3 cm³/mol. The zero-order valence-corrected chi connectivity index (χ0v) is 13.1. The van der Waals surface area contributed by atoms with Crippen LogP contribution in [0.5, 0.6) is 5.75 Å². The molecule has 1 atom stereocenters. The fraction of sp³-hybridized carbons (Fsp3) is 0.647. The Morgan fingerprint density at radius 3 is 2.80 bits per heavy atom. The highest BCUT2D eigenvalue weighted by atomic mass is 16.5. The lowest BCUT2D eigenvalue weighted by molar-refractivity contribution is 0.145. The molecule has 1 unspecified atom stereocenters. The van der Waals surface area contributed by atoms with Gasteiger partial charge in [-0.2, -0.15) is 0 Å². The maximum absolute atomic E-state index is 5.35. The van der Waals surface area contributed by atoms with Crippen LogP contribution in [0.1, 0.15) is 44.2 Å². The lowest BCUT2D eigenvalue weighted by Gasteiger charge is -2.37. The van der Waals surface area contributed by atoms with Gasteiger partial charge in [-0.3, -0.25) is 0 Å². The van der Waals surface area contributed by atoms with Gasteiger partial charge in [-0.15, -0.1) is 0 Å². The Bertz CT molecular complexity index is 404. The number of likely N-dealkylation sites (N-methyl/N-ethyl adjacent to an activating group) is 1. The number of benzene rings is 1. The summed E-state index contributed by atoms with van der Waals surface area (Å²) < 4.78 is 5.35. The molecule has 0 aromatic heterocycles. The fourth-order valence-electron chi connectivity index (χ4n) is 2.73. The molecule has 1 N–H and O–H groups in total. The second-order valence-corrected chi connectivity index (χ2v) is 5.81. The Morgan fingerprint density at radius 1 is 1.40 bits per heavy atom. The number of nitrogens with zero attached hydrogens (tertiary/aromatic N) is 1. The summed E-state index contributed by atoms with van der Waals surface area (Å²) in [5.41, 5.74) is 1.32. The molecule has 1 aromatic carbocycles. The van der Waals surface area contributed by atoms with Gasteiger partial charge in [-0.1, -0.05) is 25.5 Å². The van der Waals surface area contributed by atoms with Gasteiger partial charge < -0.3 is 15.0 Å². The third kappa shape index (κ3) is 3.97. The van der Waals surface area contributed by atoms with E-state index < -0.39 is 0 Å². The SMILES string of the molecule is CCCNC(CN(C)C1CCC1)c1cccc(OC)c1. The van der Waals surface area contributed by atoms with Crippen LogP contribution in [0.15, 0.2) is 24.3 Å². The minimum absolute atomic E-state index is 0.385. The Balaban J connectivity index is 2.04. The average Bonchev–Trinajstić information content (AvgIpc) is 2.41. The van der Waals surface area contributed by atoms with Crippen LogP contribution in [0.2, 0.25) is 0 Å². The Morgan fingerprint density at radius 2 is 2.20 bits per heavy atom. The molecular formula is C17H28N2O. The molecular weight excluding hydrogens is 248 g/mol. The summed E-state index contributed by atoms with van der Waals surface area (Å²) in [5, 5.41) is 3.67. The Kier molecular flexibility index (Phi) is 5.86. The zero-order chi connectivity index (χ0) is 14.4. The molecule has 2 rings (SSSR count). The summed E-state index contributed by atoms with van der Waals surface area (Å²) in [6.07, 6.45) is 5.26. The van der Waals surface area contributed by atoms with Crippen LogP contribution < -0.4 is 10.1 Å². The van der Waals surface area contributed by atoms with Gasteiger partial charge >= 0.3 is 0 Å². The topological polar surface area (TPSA) is 24.5 Å². The number of ether oxygens (including phenoxy) is 1. The van der Waals surface area contributed by atoms with E-state index in [1.165, 1.54) is 24.8 Å². The van der Waals surface area contributed by atoms with Crippen LogP contribution in [-0.2, 0) is 0 Å². The molecule has 0 heterocycles. The number of hydrogen-bond donors (Lipinski definition) is 1. The van der Waals surface area contributed by atoms with Gasteiger partial charge in [0.25, 0.3) is 0 Å². The monoisotopic (exact) mass is 276 g/mol. The number of rotatable bonds is 8. The summed E-state index contributed by atoms with van der Waals surface area (Å²) in [7, 11) is 3.98. The fourth-order valence-corrected chi connectivity index (χ4v) is 2.73. The molecule has 0 spiro atoms. The summed E-state index contributed by atoms with van der Waals surface area (Å²) in [5.74, 6) is 0.942. The van der Waals surface area contributed by atoms with Crippen molar-refractivity contribution in [1.29, 1.82) is 0 Å². The van der Waals surface area contributed by atoms with Crippen molar-refractivity contribution in [3.63, 3.8) is 0 Å². The number of nitrogens with one attached hydrogen (secondary N) is 1. The normalized spacial score (nSPS) is 17.0. The van der Waals surface area contributed by atoms with Crippen molar-refractivity contribution in [2.75, 3.05) is 27.2 Å². The van der Waals surface area contributed by atoms with Crippen molar-refractivity contribution in [2.45, 2.75) is 44.7 Å². The van der Waals surface area contributed by atoms with Gasteiger partial charge in [0.15, 0.2) is 0 Å². The van der Waals surface area contributed by atoms with E-state index in [9.17, 15) is 0 Å². The third-order valence-electron chi connectivity index (χ3n) is 4.31. The van der Waals surface area contributed by atoms with E-state index in [1.54, 1.807) is 7.11 Å². The minimum atomic E-state index is 0.385. The van der Waals surface area contributed by atoms with Crippen molar-refractivity contribution in [2.24, 2.45) is 0 Å². The molecule has 0 aliphatic heterocycles. The quantitative estimate of drug-likeness (QED) is 0.789. The second kappa shape index (κ2) is 7.65. The van der Waals surface area contributed by atoms with E-state index in [1.807, 2.05) is 6.07 Å². The van der Waals surface area contributed by atoms with Gasteiger partial charge in [0.1, 0.15) is 5.75 Å². The molecule has 20 heavy (non-hydrogen) atoms. The van der Waals surface area contributed by atoms with Gasteiger partial charge in [-0.25, -0.2) is 0 Å². The van der Waals surface area contributed by atoms with Crippen LogP contribution in [0.4, 0.5) is 0 Å². The largest absolute Gasteiger partial charge is 0.497 e. The molecule has 1 fully saturated rings. The molecule has 3 nitrogen and oxygen atoms in total. The first-order valence-electron chi connectivity index (χ1n) is 7.82. The van der Waals surface area contributed by atoms with Gasteiger partial charge in [-0.05, 0) is 50.6 Å². The number of hydrogen-bond acceptors (Lipinski definition) is 3. The van der Waals surface area contributed by atoms with E-state index in [4.69, 9.17) is 4.74 Å². The van der Waals surface area contributed by atoms with Crippen molar-refractivity contribution >= 4 is 0 Å². The van der Waals surface area contributed by atoms with Crippen molar-refractivity contribution in [1.82, 2.24) is 10.2 Å².